The molecule has 0 fully saturated rings. The molecular weight excluding hydrogens is 270 g/mol. The van der Waals surface area contributed by atoms with E-state index in [9.17, 15) is 0 Å². The molecule has 2 aromatic rings. The topological polar surface area (TPSA) is 62.2 Å². The normalized spacial score (nSPS) is 10.4. The molecule has 5 nitrogen and oxygen atoms in total. The number of hydrazone groups is 1. The Balaban J connectivity index is 1.78. The molecule has 20 heavy (non-hydrogen) atoms. The highest BCUT2D eigenvalue weighted by Crippen LogP contribution is 1.94. The third-order valence-electron chi connectivity index (χ3n) is 2.43. The molecule has 0 aliphatic rings. The van der Waals surface area contributed by atoms with Crippen molar-refractivity contribution in [2.75, 3.05) is 0 Å². The fraction of sp³-hybridized carbons (Fsp3) is 0.143. The van der Waals surface area contributed by atoms with Crippen molar-refractivity contribution in [2.45, 2.75) is 13.5 Å². The lowest BCUT2D eigenvalue weighted by Crippen LogP contribution is -2.31. The van der Waals surface area contributed by atoms with Crippen molar-refractivity contribution in [3.05, 3.63) is 59.7 Å². The van der Waals surface area contributed by atoms with E-state index >= 15 is 0 Å². The third-order valence-corrected chi connectivity index (χ3v) is 2.66. The van der Waals surface area contributed by atoms with E-state index in [4.69, 9.17) is 12.2 Å². The van der Waals surface area contributed by atoms with Crippen LogP contribution in [0.2, 0.25) is 0 Å². The summed E-state index contributed by atoms with van der Waals surface area (Å²) in [6.45, 7) is 2.49. The molecule has 2 rings (SSSR count). The number of nitrogens with zero attached hydrogens (tertiary/aromatic N) is 3. The first-order chi connectivity index (χ1) is 9.74. The standard InChI is InChI=1S/C14H15N5S/c1-11-5-4-7-13(18-11)10-17-19-14(20)16-9-12-6-2-3-8-15-12/h2-8,10H,9H2,1H3,(H2,16,19,20)/b17-10+. The second-order valence-electron chi connectivity index (χ2n) is 4.08. The van der Waals surface area contributed by atoms with Gasteiger partial charge < -0.3 is 5.32 Å². The van der Waals surface area contributed by atoms with Gasteiger partial charge in [-0.2, -0.15) is 5.10 Å². The van der Waals surface area contributed by atoms with Crippen LogP contribution in [0.3, 0.4) is 0 Å². The highest BCUT2D eigenvalue weighted by atomic mass is 32.1. The Hall–Kier alpha value is -2.34. The molecule has 0 aliphatic carbocycles. The Morgan fingerprint density at radius 1 is 1.30 bits per heavy atom. The van der Waals surface area contributed by atoms with E-state index < -0.39 is 0 Å². The van der Waals surface area contributed by atoms with E-state index in [0.717, 1.165) is 17.1 Å². The van der Waals surface area contributed by atoms with Crippen molar-refractivity contribution < 1.29 is 0 Å². The highest BCUT2D eigenvalue weighted by Gasteiger charge is 1.95. The number of rotatable bonds is 4. The lowest BCUT2D eigenvalue weighted by Gasteiger charge is -2.05. The number of hydrogen-bond acceptors (Lipinski definition) is 4. The molecule has 0 bridgehead atoms. The van der Waals surface area contributed by atoms with Crippen LogP contribution in [0.5, 0.6) is 0 Å². The summed E-state index contributed by atoms with van der Waals surface area (Å²) < 4.78 is 0. The van der Waals surface area contributed by atoms with Gasteiger partial charge in [-0.1, -0.05) is 12.1 Å². The van der Waals surface area contributed by atoms with Crippen molar-refractivity contribution in [1.29, 1.82) is 0 Å². The quantitative estimate of drug-likeness (QED) is 0.509. The fourth-order valence-corrected chi connectivity index (χ4v) is 1.63. The van der Waals surface area contributed by atoms with Crippen LogP contribution in [-0.4, -0.2) is 21.3 Å². The van der Waals surface area contributed by atoms with E-state index in [1.807, 2.05) is 43.3 Å². The summed E-state index contributed by atoms with van der Waals surface area (Å²) in [7, 11) is 0. The molecule has 2 N–H and O–H groups in total. The zero-order chi connectivity index (χ0) is 14.2. The maximum atomic E-state index is 5.11. The highest BCUT2D eigenvalue weighted by molar-refractivity contribution is 7.80. The summed E-state index contributed by atoms with van der Waals surface area (Å²) in [6.07, 6.45) is 3.37. The Morgan fingerprint density at radius 3 is 2.95 bits per heavy atom. The van der Waals surface area contributed by atoms with Gasteiger partial charge in [-0.3, -0.25) is 15.4 Å². The SMILES string of the molecule is Cc1cccc(/C=N/NC(=S)NCc2ccccn2)n1. The van der Waals surface area contributed by atoms with Crippen molar-refractivity contribution in [1.82, 2.24) is 20.7 Å². The van der Waals surface area contributed by atoms with Crippen LogP contribution in [0, 0.1) is 6.92 Å². The smallest absolute Gasteiger partial charge is 0.187 e. The maximum absolute atomic E-state index is 5.11. The van der Waals surface area contributed by atoms with Crippen molar-refractivity contribution in [2.24, 2.45) is 5.10 Å². The van der Waals surface area contributed by atoms with Gasteiger partial charge in [0.05, 0.1) is 24.1 Å². The van der Waals surface area contributed by atoms with Gasteiger partial charge in [-0.15, -0.1) is 0 Å². The van der Waals surface area contributed by atoms with Gasteiger partial charge in [-0.25, -0.2) is 0 Å². The monoisotopic (exact) mass is 285 g/mol. The van der Waals surface area contributed by atoms with E-state index in [-0.39, 0.29) is 0 Å². The van der Waals surface area contributed by atoms with E-state index in [2.05, 4.69) is 25.8 Å². The second kappa shape index (κ2) is 7.30. The van der Waals surface area contributed by atoms with Gasteiger partial charge in [0.1, 0.15) is 0 Å². The summed E-state index contributed by atoms with van der Waals surface area (Å²) in [5.41, 5.74) is 5.39. The van der Waals surface area contributed by atoms with Crippen molar-refractivity contribution in [3.63, 3.8) is 0 Å². The lowest BCUT2D eigenvalue weighted by atomic mass is 10.3. The fourth-order valence-electron chi connectivity index (χ4n) is 1.51. The van der Waals surface area contributed by atoms with Crippen LogP contribution >= 0.6 is 12.2 Å². The Bertz CT molecular complexity index is 598. The molecule has 6 heteroatoms. The number of hydrogen-bond donors (Lipinski definition) is 2. The number of pyridine rings is 2. The zero-order valence-electron chi connectivity index (χ0n) is 11.1. The molecule has 102 valence electrons. The lowest BCUT2D eigenvalue weighted by molar-refractivity contribution is 0.841. The van der Waals surface area contributed by atoms with Gasteiger partial charge in [0.2, 0.25) is 0 Å². The molecule has 0 aromatic carbocycles. The van der Waals surface area contributed by atoms with Gasteiger partial charge in [0.25, 0.3) is 0 Å². The largest absolute Gasteiger partial charge is 0.356 e. The minimum absolute atomic E-state index is 0.444. The molecule has 0 amide bonds. The third kappa shape index (κ3) is 4.74. The summed E-state index contributed by atoms with van der Waals surface area (Å²) in [4.78, 5) is 8.49. The first-order valence-corrected chi connectivity index (χ1v) is 6.55. The minimum Gasteiger partial charge on any atom is -0.356 e. The first kappa shape index (κ1) is 14.1. The summed E-state index contributed by atoms with van der Waals surface area (Å²) in [5, 5.41) is 7.50. The van der Waals surface area contributed by atoms with Gasteiger partial charge in [0.15, 0.2) is 5.11 Å². The molecule has 0 aliphatic heterocycles. The molecule has 0 saturated heterocycles. The van der Waals surface area contributed by atoms with E-state index in [1.54, 1.807) is 12.4 Å². The predicted octanol–water partition coefficient (Wildman–Crippen LogP) is 1.78. The molecule has 0 radical (unpaired) electrons. The number of aromatic nitrogens is 2. The van der Waals surface area contributed by atoms with Gasteiger partial charge >= 0.3 is 0 Å². The molecule has 2 heterocycles. The molecule has 0 saturated carbocycles. The molecule has 2 aromatic heterocycles. The van der Waals surface area contributed by atoms with Crippen molar-refractivity contribution >= 4 is 23.5 Å². The van der Waals surface area contributed by atoms with Crippen LogP contribution < -0.4 is 10.7 Å². The zero-order valence-corrected chi connectivity index (χ0v) is 11.9. The van der Waals surface area contributed by atoms with Crippen LogP contribution in [0.15, 0.2) is 47.7 Å². The van der Waals surface area contributed by atoms with Crippen LogP contribution in [0.4, 0.5) is 0 Å². The predicted molar refractivity (Wildman–Crippen MR) is 83.4 cm³/mol. The minimum atomic E-state index is 0.444. The second-order valence-corrected chi connectivity index (χ2v) is 4.49. The van der Waals surface area contributed by atoms with Crippen LogP contribution in [-0.2, 0) is 6.54 Å². The number of thiocarbonyl (C=S) groups is 1. The van der Waals surface area contributed by atoms with E-state index in [1.165, 1.54) is 0 Å². The first-order valence-electron chi connectivity index (χ1n) is 6.14. The maximum Gasteiger partial charge on any atom is 0.187 e. The van der Waals surface area contributed by atoms with Gasteiger partial charge in [-0.05, 0) is 43.4 Å². The van der Waals surface area contributed by atoms with Crippen molar-refractivity contribution in [3.8, 4) is 0 Å². The molecule has 0 spiro atoms. The van der Waals surface area contributed by atoms with Gasteiger partial charge in [0, 0.05) is 11.9 Å². The number of aryl methyl sites for hydroxylation is 1. The summed E-state index contributed by atoms with van der Waals surface area (Å²) in [5.74, 6) is 0. The Kier molecular flexibility index (Phi) is 5.14. The average Bonchev–Trinajstić information content (AvgIpc) is 2.46. The molecular formula is C14H15N5S. The summed E-state index contributed by atoms with van der Waals surface area (Å²) in [6, 6.07) is 11.5. The Labute approximate surface area is 123 Å². The Morgan fingerprint density at radius 2 is 2.20 bits per heavy atom. The number of nitrogens with one attached hydrogen (secondary N) is 2. The molecule has 0 atom stereocenters. The van der Waals surface area contributed by atoms with Crippen LogP contribution in [0.1, 0.15) is 17.1 Å². The molecule has 0 unspecified atom stereocenters. The average molecular weight is 285 g/mol. The van der Waals surface area contributed by atoms with E-state index in [0.29, 0.717) is 11.7 Å². The summed E-state index contributed by atoms with van der Waals surface area (Å²) >= 11 is 5.11. The van der Waals surface area contributed by atoms with Crippen LogP contribution in [0.25, 0.3) is 0 Å².